The van der Waals surface area contributed by atoms with Crippen LogP contribution in [-0.4, -0.2) is 62.0 Å². The van der Waals surface area contributed by atoms with Crippen LogP contribution < -0.4 is 14.4 Å². The van der Waals surface area contributed by atoms with Crippen molar-refractivity contribution in [2.24, 2.45) is 0 Å². The number of sulfonamides is 1. The molecular weight excluding hydrogens is 584 g/mol. The summed E-state index contributed by atoms with van der Waals surface area (Å²) in [6.45, 7) is 2.80. The molecule has 0 aliphatic rings. The Balaban J connectivity index is 2.12. The number of nitrogens with one attached hydrogen (secondary N) is 1. The molecule has 0 aliphatic carbocycles. The molecule has 0 aromatic heterocycles. The molecule has 1 unspecified atom stereocenters. The lowest BCUT2D eigenvalue weighted by molar-refractivity contribution is -0.384. The van der Waals surface area contributed by atoms with E-state index in [1.165, 1.54) is 24.1 Å². The first-order chi connectivity index (χ1) is 19.8. The molecule has 1 N–H and O–H groups in total. The van der Waals surface area contributed by atoms with Crippen LogP contribution in [0.5, 0.6) is 5.75 Å². The molecule has 0 saturated carbocycles. The predicted molar refractivity (Wildman–Crippen MR) is 161 cm³/mol. The van der Waals surface area contributed by atoms with Crippen molar-refractivity contribution in [1.29, 1.82) is 0 Å². The fraction of sp³-hybridized carbons (Fsp3) is 0.310. The van der Waals surface area contributed by atoms with Crippen LogP contribution in [0.15, 0.2) is 72.8 Å². The van der Waals surface area contributed by atoms with Gasteiger partial charge < -0.3 is 15.0 Å². The fourth-order valence-electron chi connectivity index (χ4n) is 4.30. The van der Waals surface area contributed by atoms with Crippen LogP contribution >= 0.6 is 11.6 Å². The molecule has 11 nitrogen and oxygen atoms in total. The van der Waals surface area contributed by atoms with Crippen molar-refractivity contribution in [2.75, 3.05) is 24.2 Å². The lowest BCUT2D eigenvalue weighted by Gasteiger charge is -2.34. The van der Waals surface area contributed by atoms with E-state index >= 15 is 0 Å². The van der Waals surface area contributed by atoms with Gasteiger partial charge in [-0.05, 0) is 43.2 Å². The Morgan fingerprint density at radius 1 is 1.02 bits per heavy atom. The minimum atomic E-state index is -4.16. The number of anilines is 1. The number of nitro groups is 1. The maximum atomic E-state index is 14.1. The largest absolute Gasteiger partial charge is 0.495 e. The van der Waals surface area contributed by atoms with Gasteiger partial charge >= 0.3 is 0 Å². The predicted octanol–water partition coefficient (Wildman–Crippen LogP) is 4.19. The van der Waals surface area contributed by atoms with E-state index in [4.69, 9.17) is 16.3 Å². The highest BCUT2D eigenvalue weighted by Crippen LogP contribution is 2.34. The van der Waals surface area contributed by atoms with Gasteiger partial charge in [0, 0.05) is 36.2 Å². The number of hydrogen-bond acceptors (Lipinski definition) is 7. The number of benzene rings is 3. The van der Waals surface area contributed by atoms with E-state index < -0.39 is 39.3 Å². The summed E-state index contributed by atoms with van der Waals surface area (Å²) in [5.41, 5.74) is 0.876. The molecule has 0 bridgehead atoms. The highest BCUT2D eigenvalue weighted by Gasteiger charge is 2.34. The first-order valence-corrected chi connectivity index (χ1v) is 15.2. The molecule has 1 atom stereocenters. The lowest BCUT2D eigenvalue weighted by Crippen LogP contribution is -2.54. The number of rotatable bonds is 13. The molecule has 3 aromatic carbocycles. The van der Waals surface area contributed by atoms with E-state index in [0.29, 0.717) is 10.6 Å². The monoisotopic (exact) mass is 616 g/mol. The average Bonchev–Trinajstić information content (AvgIpc) is 2.93. The van der Waals surface area contributed by atoms with Gasteiger partial charge in [0.15, 0.2) is 0 Å². The van der Waals surface area contributed by atoms with Crippen LogP contribution in [0.2, 0.25) is 5.02 Å². The van der Waals surface area contributed by atoms with E-state index in [-0.39, 0.29) is 36.1 Å². The zero-order chi connectivity index (χ0) is 31.0. The summed E-state index contributed by atoms with van der Waals surface area (Å²) in [6.07, 6.45) is 1.03. The van der Waals surface area contributed by atoms with Crippen molar-refractivity contribution < 1.29 is 27.7 Å². The van der Waals surface area contributed by atoms with Crippen LogP contribution in [-0.2, 0) is 32.6 Å². The molecule has 0 heterocycles. The van der Waals surface area contributed by atoms with Crippen molar-refractivity contribution in [3.8, 4) is 5.75 Å². The number of nitrogens with zero attached hydrogens (tertiary/aromatic N) is 3. The summed E-state index contributed by atoms with van der Waals surface area (Å²) < 4.78 is 32.1. The number of nitro benzene ring substituents is 1. The number of non-ortho nitro benzene ring substituents is 1. The second kappa shape index (κ2) is 14.1. The summed E-state index contributed by atoms with van der Waals surface area (Å²) in [5, 5.41) is 14.8. The van der Waals surface area contributed by atoms with E-state index in [0.717, 1.165) is 22.2 Å². The van der Waals surface area contributed by atoms with Crippen LogP contribution in [0.25, 0.3) is 0 Å². The Morgan fingerprint density at radius 2 is 1.67 bits per heavy atom. The summed E-state index contributed by atoms with van der Waals surface area (Å²) in [4.78, 5) is 39.8. The zero-order valence-electron chi connectivity index (χ0n) is 23.7. The quantitative estimate of drug-likeness (QED) is 0.224. The number of hydrogen-bond donors (Lipinski definition) is 1. The molecule has 224 valence electrons. The third-order valence-corrected chi connectivity index (χ3v) is 7.67. The molecule has 3 aromatic rings. The van der Waals surface area contributed by atoms with Gasteiger partial charge in [0.25, 0.3) is 5.69 Å². The highest BCUT2D eigenvalue weighted by molar-refractivity contribution is 7.92. The van der Waals surface area contributed by atoms with Gasteiger partial charge in [0.1, 0.15) is 24.0 Å². The topological polar surface area (TPSA) is 139 Å². The van der Waals surface area contributed by atoms with Gasteiger partial charge in [-0.15, -0.1) is 0 Å². The number of amides is 2. The number of carbonyl (C=O) groups is 2. The fourth-order valence-corrected chi connectivity index (χ4v) is 5.27. The van der Waals surface area contributed by atoms with E-state index in [2.05, 4.69) is 5.32 Å². The van der Waals surface area contributed by atoms with Crippen molar-refractivity contribution in [3.05, 3.63) is 99.1 Å². The van der Waals surface area contributed by atoms with Crippen LogP contribution in [0.1, 0.15) is 25.0 Å². The number of ether oxygens (including phenoxy) is 1. The van der Waals surface area contributed by atoms with Crippen LogP contribution in [0, 0.1) is 10.1 Å². The van der Waals surface area contributed by atoms with Gasteiger partial charge in [-0.2, -0.15) is 0 Å². The van der Waals surface area contributed by atoms with Gasteiger partial charge in [0.05, 0.1) is 18.3 Å². The minimum Gasteiger partial charge on any atom is -0.495 e. The summed E-state index contributed by atoms with van der Waals surface area (Å²) in [5.74, 6) is -1.11. The lowest BCUT2D eigenvalue weighted by atomic mass is 10.0. The zero-order valence-corrected chi connectivity index (χ0v) is 25.3. The minimum absolute atomic E-state index is 0.0152. The van der Waals surface area contributed by atoms with Gasteiger partial charge in [-0.3, -0.25) is 24.0 Å². The Bertz CT molecular complexity index is 1520. The third kappa shape index (κ3) is 8.67. The van der Waals surface area contributed by atoms with Gasteiger partial charge in [-0.1, -0.05) is 54.1 Å². The molecule has 0 radical (unpaired) electrons. The number of halogens is 1. The summed E-state index contributed by atoms with van der Waals surface area (Å²) in [7, 11) is -2.88. The molecule has 0 spiro atoms. The SMILES string of the molecule is COc1ccc([N+](=O)[O-])cc1N(CC(=O)N(Cc1ccc(Cl)cc1)C(Cc1ccccc1)C(=O)NC(C)C)S(C)(=O)=O. The second-order valence-electron chi connectivity index (χ2n) is 9.90. The van der Waals surface area contributed by atoms with Crippen LogP contribution in [0.4, 0.5) is 11.4 Å². The van der Waals surface area contributed by atoms with Crippen LogP contribution in [0.3, 0.4) is 0 Å². The summed E-state index contributed by atoms with van der Waals surface area (Å²) >= 11 is 6.06. The normalized spacial score (nSPS) is 12.0. The van der Waals surface area contributed by atoms with Gasteiger partial charge in [-0.25, -0.2) is 8.42 Å². The molecule has 42 heavy (non-hydrogen) atoms. The third-order valence-electron chi connectivity index (χ3n) is 6.29. The highest BCUT2D eigenvalue weighted by atomic mass is 35.5. The van der Waals surface area contributed by atoms with Crippen molar-refractivity contribution >= 4 is 44.8 Å². The second-order valence-corrected chi connectivity index (χ2v) is 12.2. The molecule has 0 saturated heterocycles. The molecule has 3 rings (SSSR count). The maximum Gasteiger partial charge on any atom is 0.271 e. The molecular formula is C29H33ClN4O7S. The van der Waals surface area contributed by atoms with E-state index in [9.17, 15) is 28.1 Å². The van der Waals surface area contributed by atoms with Crippen molar-refractivity contribution in [1.82, 2.24) is 10.2 Å². The molecule has 0 aliphatic heterocycles. The van der Waals surface area contributed by atoms with E-state index in [1.54, 1.807) is 38.1 Å². The molecule has 13 heteroatoms. The summed E-state index contributed by atoms with van der Waals surface area (Å²) in [6, 6.07) is 18.1. The first-order valence-electron chi connectivity index (χ1n) is 13.0. The Labute approximate surface area is 250 Å². The molecule has 2 amide bonds. The Morgan fingerprint density at radius 3 is 2.21 bits per heavy atom. The number of carbonyl (C=O) groups excluding carboxylic acids is 2. The molecule has 0 fully saturated rings. The standard InChI is InChI=1S/C29H33ClN4O7S/c1-20(2)31-29(36)26(16-21-8-6-5-7-9-21)32(18-22-10-12-23(30)13-11-22)28(35)19-33(42(4,39)40)25-17-24(34(37)38)14-15-27(25)41-3/h5-15,17,20,26H,16,18-19H2,1-4H3,(H,31,36). The Kier molecular flexibility index (Phi) is 10.9. The maximum absolute atomic E-state index is 14.1. The average molecular weight is 617 g/mol. The first kappa shape index (κ1) is 32.4. The van der Waals surface area contributed by atoms with Gasteiger partial charge in [0.2, 0.25) is 21.8 Å². The smallest absolute Gasteiger partial charge is 0.271 e. The van der Waals surface area contributed by atoms with Crippen molar-refractivity contribution in [3.63, 3.8) is 0 Å². The number of methoxy groups -OCH3 is 1. The van der Waals surface area contributed by atoms with Crippen molar-refractivity contribution in [2.45, 2.75) is 38.9 Å². The Hall–Kier alpha value is -4.16. The van der Waals surface area contributed by atoms with E-state index in [1.807, 2.05) is 30.3 Å².